The van der Waals surface area contributed by atoms with Gasteiger partial charge in [-0.1, -0.05) is 0 Å². The maximum Gasteiger partial charge on any atom is 0.307 e. The van der Waals surface area contributed by atoms with Gasteiger partial charge in [-0.3, -0.25) is 9.59 Å². The number of aliphatic carboxylic acids is 1. The SMILES string of the molecule is CN(C)C(=O)c1c(CC(=O)O)csc1N. The summed E-state index contributed by atoms with van der Waals surface area (Å²) in [5.74, 6) is -1.23. The number of hydrogen-bond donors (Lipinski definition) is 2. The van der Waals surface area contributed by atoms with Crippen molar-refractivity contribution in [1.29, 1.82) is 0 Å². The van der Waals surface area contributed by atoms with Crippen molar-refractivity contribution in [1.82, 2.24) is 4.90 Å². The average molecular weight is 228 g/mol. The van der Waals surface area contributed by atoms with Crippen molar-refractivity contribution in [3.63, 3.8) is 0 Å². The number of anilines is 1. The highest BCUT2D eigenvalue weighted by atomic mass is 32.1. The number of hydrogen-bond acceptors (Lipinski definition) is 4. The molecular formula is C9H12N2O3S. The number of carboxylic acids is 1. The second kappa shape index (κ2) is 4.31. The van der Waals surface area contributed by atoms with Crippen LogP contribution in [0.25, 0.3) is 0 Å². The molecule has 0 fully saturated rings. The van der Waals surface area contributed by atoms with Crippen LogP contribution in [0.15, 0.2) is 5.38 Å². The Kier molecular flexibility index (Phi) is 3.31. The van der Waals surface area contributed by atoms with E-state index in [0.717, 1.165) is 0 Å². The molecule has 1 rings (SSSR count). The summed E-state index contributed by atoms with van der Waals surface area (Å²) >= 11 is 1.19. The highest BCUT2D eigenvalue weighted by Crippen LogP contribution is 2.26. The zero-order valence-corrected chi connectivity index (χ0v) is 9.30. The fourth-order valence-corrected chi connectivity index (χ4v) is 1.98. The molecule has 15 heavy (non-hydrogen) atoms. The lowest BCUT2D eigenvalue weighted by atomic mass is 10.1. The molecule has 0 aromatic carbocycles. The molecule has 0 radical (unpaired) electrons. The topological polar surface area (TPSA) is 83.6 Å². The molecule has 1 aromatic heterocycles. The number of rotatable bonds is 3. The van der Waals surface area contributed by atoms with Crippen LogP contribution in [0.3, 0.4) is 0 Å². The average Bonchev–Trinajstić information content (AvgIpc) is 2.45. The predicted molar refractivity (Wildman–Crippen MR) is 58.1 cm³/mol. The molecule has 0 aliphatic carbocycles. The Bertz CT molecular complexity index is 398. The third kappa shape index (κ3) is 2.47. The van der Waals surface area contributed by atoms with Crippen molar-refractivity contribution in [2.24, 2.45) is 0 Å². The van der Waals surface area contributed by atoms with Gasteiger partial charge in [0.2, 0.25) is 0 Å². The van der Waals surface area contributed by atoms with Crippen LogP contribution in [0.4, 0.5) is 5.00 Å². The molecule has 0 aliphatic rings. The zero-order valence-electron chi connectivity index (χ0n) is 8.48. The predicted octanol–water partition coefficient (Wildman–Crippen LogP) is 0.659. The van der Waals surface area contributed by atoms with Crippen molar-refractivity contribution >= 4 is 28.2 Å². The van der Waals surface area contributed by atoms with E-state index < -0.39 is 5.97 Å². The molecule has 1 aromatic rings. The van der Waals surface area contributed by atoms with Crippen LogP contribution in [0.1, 0.15) is 15.9 Å². The van der Waals surface area contributed by atoms with E-state index in [0.29, 0.717) is 16.1 Å². The smallest absolute Gasteiger partial charge is 0.307 e. The molecule has 0 saturated heterocycles. The van der Waals surface area contributed by atoms with Gasteiger partial charge in [-0.05, 0) is 10.9 Å². The first-order chi connectivity index (χ1) is 6.93. The molecule has 0 atom stereocenters. The molecule has 0 saturated carbocycles. The minimum absolute atomic E-state index is 0.178. The van der Waals surface area contributed by atoms with Crippen LogP contribution < -0.4 is 5.73 Å². The van der Waals surface area contributed by atoms with Crippen molar-refractivity contribution in [3.05, 3.63) is 16.5 Å². The van der Waals surface area contributed by atoms with E-state index in [9.17, 15) is 9.59 Å². The third-order valence-electron chi connectivity index (χ3n) is 1.86. The van der Waals surface area contributed by atoms with Crippen molar-refractivity contribution in [2.75, 3.05) is 19.8 Å². The van der Waals surface area contributed by atoms with Crippen LogP contribution in [0, 0.1) is 0 Å². The first kappa shape index (κ1) is 11.5. The van der Waals surface area contributed by atoms with Gasteiger partial charge in [0, 0.05) is 14.1 Å². The Morgan fingerprint density at radius 3 is 2.60 bits per heavy atom. The molecule has 0 spiro atoms. The van der Waals surface area contributed by atoms with E-state index >= 15 is 0 Å². The van der Waals surface area contributed by atoms with Gasteiger partial charge < -0.3 is 15.7 Å². The Hall–Kier alpha value is -1.56. The molecule has 3 N–H and O–H groups in total. The Morgan fingerprint density at radius 2 is 2.13 bits per heavy atom. The van der Waals surface area contributed by atoms with Crippen LogP contribution in [-0.2, 0) is 11.2 Å². The molecule has 6 heteroatoms. The van der Waals surface area contributed by atoms with Gasteiger partial charge in [0.25, 0.3) is 5.91 Å². The quantitative estimate of drug-likeness (QED) is 0.796. The second-order valence-electron chi connectivity index (χ2n) is 3.27. The lowest BCUT2D eigenvalue weighted by Gasteiger charge is -2.11. The zero-order chi connectivity index (χ0) is 11.6. The lowest BCUT2D eigenvalue weighted by molar-refractivity contribution is -0.136. The second-order valence-corrected chi connectivity index (χ2v) is 4.18. The molecule has 1 amide bonds. The molecule has 1 heterocycles. The van der Waals surface area contributed by atoms with Gasteiger partial charge in [-0.2, -0.15) is 0 Å². The summed E-state index contributed by atoms with van der Waals surface area (Å²) < 4.78 is 0. The van der Waals surface area contributed by atoms with Gasteiger partial charge in [0.05, 0.1) is 17.0 Å². The fraction of sp³-hybridized carbons (Fsp3) is 0.333. The number of amides is 1. The summed E-state index contributed by atoms with van der Waals surface area (Å²) in [5, 5.41) is 10.6. The first-order valence-corrected chi connectivity index (χ1v) is 5.10. The molecule has 82 valence electrons. The number of nitrogen functional groups attached to an aromatic ring is 1. The third-order valence-corrected chi connectivity index (χ3v) is 2.72. The van der Waals surface area contributed by atoms with E-state index in [4.69, 9.17) is 10.8 Å². The normalized spacial score (nSPS) is 10.0. The molecule has 5 nitrogen and oxygen atoms in total. The van der Waals surface area contributed by atoms with E-state index in [2.05, 4.69) is 0 Å². The summed E-state index contributed by atoms with van der Waals surface area (Å²) in [5.41, 5.74) is 6.42. The molecule has 0 unspecified atom stereocenters. The minimum atomic E-state index is -0.972. The van der Waals surface area contributed by atoms with Gasteiger partial charge in [0.15, 0.2) is 0 Å². The highest BCUT2D eigenvalue weighted by Gasteiger charge is 2.20. The number of thiophene rings is 1. The molecular weight excluding hydrogens is 216 g/mol. The molecule has 0 aliphatic heterocycles. The van der Waals surface area contributed by atoms with E-state index in [1.807, 2.05) is 0 Å². The van der Waals surface area contributed by atoms with E-state index in [1.54, 1.807) is 19.5 Å². The minimum Gasteiger partial charge on any atom is -0.481 e. The van der Waals surface area contributed by atoms with Crippen LogP contribution in [0.5, 0.6) is 0 Å². The van der Waals surface area contributed by atoms with Crippen LogP contribution in [-0.4, -0.2) is 36.0 Å². The number of nitrogens with two attached hydrogens (primary N) is 1. The number of carboxylic acid groups (broad SMARTS) is 1. The van der Waals surface area contributed by atoms with Crippen LogP contribution >= 0.6 is 11.3 Å². The van der Waals surface area contributed by atoms with Gasteiger partial charge in [0.1, 0.15) is 0 Å². The Balaban J connectivity index is 3.09. The maximum atomic E-state index is 11.7. The first-order valence-electron chi connectivity index (χ1n) is 4.22. The van der Waals surface area contributed by atoms with Gasteiger partial charge >= 0.3 is 5.97 Å². The van der Waals surface area contributed by atoms with Crippen molar-refractivity contribution < 1.29 is 14.7 Å². The standard InChI is InChI=1S/C9H12N2O3S/c1-11(2)9(14)7-5(3-6(12)13)4-15-8(7)10/h4H,3,10H2,1-2H3,(H,12,13). The van der Waals surface area contributed by atoms with Crippen molar-refractivity contribution in [2.45, 2.75) is 6.42 Å². The summed E-state index contributed by atoms with van der Waals surface area (Å²) in [4.78, 5) is 23.6. The summed E-state index contributed by atoms with van der Waals surface area (Å²) in [6, 6.07) is 0. The molecule has 0 bridgehead atoms. The fourth-order valence-electron chi connectivity index (χ4n) is 1.17. The van der Waals surface area contributed by atoms with Crippen molar-refractivity contribution in [3.8, 4) is 0 Å². The largest absolute Gasteiger partial charge is 0.481 e. The number of nitrogens with zero attached hydrogens (tertiary/aromatic N) is 1. The Labute approximate surface area is 91.1 Å². The number of carbonyl (C=O) groups excluding carboxylic acids is 1. The summed E-state index contributed by atoms with van der Waals surface area (Å²) in [7, 11) is 3.20. The van der Waals surface area contributed by atoms with E-state index in [1.165, 1.54) is 16.2 Å². The monoisotopic (exact) mass is 228 g/mol. The number of carbonyl (C=O) groups is 2. The van der Waals surface area contributed by atoms with Crippen LogP contribution in [0.2, 0.25) is 0 Å². The highest BCUT2D eigenvalue weighted by molar-refractivity contribution is 7.14. The maximum absolute atomic E-state index is 11.7. The van der Waals surface area contributed by atoms with E-state index in [-0.39, 0.29) is 12.3 Å². The summed E-state index contributed by atoms with van der Waals surface area (Å²) in [6.45, 7) is 0. The van der Waals surface area contributed by atoms with Gasteiger partial charge in [-0.25, -0.2) is 0 Å². The van der Waals surface area contributed by atoms with Gasteiger partial charge in [-0.15, -0.1) is 11.3 Å². The lowest BCUT2D eigenvalue weighted by Crippen LogP contribution is -2.23. The summed E-state index contributed by atoms with van der Waals surface area (Å²) in [6.07, 6.45) is -0.178. The Morgan fingerprint density at radius 1 is 1.53 bits per heavy atom.